The normalized spacial score (nSPS) is 14.8. The van der Waals surface area contributed by atoms with E-state index in [2.05, 4.69) is 124 Å². The van der Waals surface area contributed by atoms with Crippen molar-refractivity contribution in [3.8, 4) is 23.5 Å². The molecular formula is C43H33F2N3. The first-order valence-corrected chi connectivity index (χ1v) is 15.9. The number of aromatic nitrogens is 1. The van der Waals surface area contributed by atoms with Crippen LogP contribution in [0.2, 0.25) is 0 Å². The molecule has 3 nitrogen and oxygen atoms in total. The number of allylic oxidation sites excluding steroid dienone is 8. The number of hydrogen-bond acceptors (Lipinski definition) is 2. The summed E-state index contributed by atoms with van der Waals surface area (Å²) in [6, 6.07) is 38.0. The van der Waals surface area contributed by atoms with Gasteiger partial charge in [-0.3, -0.25) is 0 Å². The second-order valence-electron chi connectivity index (χ2n) is 11.8. The molecule has 1 atom stereocenters. The third-order valence-electron chi connectivity index (χ3n) is 8.68. The first kappa shape index (κ1) is 30.5. The standard InChI is InChI=1S/C43H33F2N3/c1-3-33(44)18-13-30(2)47(38-25-16-32(17-26-38)31-14-21-35(22-15-31)46-36-23-19-34(45)20-24-36)39-27-28-43-41(29-39)40-11-7-8-12-42(40)48(43)37-9-5-4-6-10-37/h1,4-9,11-29,37,46H,10H2,2H3/b30-13+,33-18+. The molecule has 0 bridgehead atoms. The van der Waals surface area contributed by atoms with Gasteiger partial charge in [0.05, 0.1) is 6.04 Å². The Morgan fingerprint density at radius 3 is 2.12 bits per heavy atom. The van der Waals surface area contributed by atoms with Crippen LogP contribution in [0.1, 0.15) is 19.4 Å². The van der Waals surface area contributed by atoms with E-state index in [4.69, 9.17) is 6.42 Å². The lowest BCUT2D eigenvalue weighted by Gasteiger charge is -2.26. The molecule has 1 unspecified atom stereocenters. The van der Waals surface area contributed by atoms with Crippen molar-refractivity contribution in [2.75, 3.05) is 10.2 Å². The first-order valence-electron chi connectivity index (χ1n) is 15.9. The maximum Gasteiger partial charge on any atom is 0.172 e. The second kappa shape index (κ2) is 13.3. The molecule has 6 aromatic rings. The number of terminal acetylenes is 1. The van der Waals surface area contributed by atoms with Crippen LogP contribution in [0.5, 0.6) is 0 Å². The van der Waals surface area contributed by atoms with E-state index in [1.54, 1.807) is 18.2 Å². The number of anilines is 4. The molecule has 0 saturated heterocycles. The van der Waals surface area contributed by atoms with Gasteiger partial charge < -0.3 is 14.8 Å². The van der Waals surface area contributed by atoms with Gasteiger partial charge in [-0.05, 0) is 115 Å². The Labute approximate surface area is 279 Å². The fourth-order valence-corrected chi connectivity index (χ4v) is 6.37. The van der Waals surface area contributed by atoms with Crippen LogP contribution in [-0.2, 0) is 0 Å². The summed E-state index contributed by atoms with van der Waals surface area (Å²) in [7, 11) is 0. The zero-order valence-corrected chi connectivity index (χ0v) is 26.4. The van der Waals surface area contributed by atoms with Gasteiger partial charge in [-0.1, -0.05) is 66.8 Å². The van der Waals surface area contributed by atoms with Crippen LogP contribution in [-0.4, -0.2) is 4.57 Å². The predicted molar refractivity (Wildman–Crippen MR) is 197 cm³/mol. The number of hydrogen-bond donors (Lipinski definition) is 1. The second-order valence-corrected chi connectivity index (χ2v) is 11.8. The number of fused-ring (bicyclic) bond motifs is 3. The smallest absolute Gasteiger partial charge is 0.172 e. The topological polar surface area (TPSA) is 20.2 Å². The van der Waals surface area contributed by atoms with E-state index in [-0.39, 0.29) is 11.9 Å². The van der Waals surface area contributed by atoms with Gasteiger partial charge in [-0.15, -0.1) is 6.42 Å². The molecule has 5 aromatic carbocycles. The summed E-state index contributed by atoms with van der Waals surface area (Å²) in [4.78, 5) is 2.12. The average Bonchev–Trinajstić information content (AvgIpc) is 3.46. The third-order valence-corrected chi connectivity index (χ3v) is 8.68. The van der Waals surface area contributed by atoms with Crippen LogP contribution in [0.15, 0.2) is 163 Å². The van der Waals surface area contributed by atoms with Crippen LogP contribution in [0, 0.1) is 18.2 Å². The first-order chi connectivity index (χ1) is 23.5. The van der Waals surface area contributed by atoms with Gasteiger partial charge in [0.15, 0.2) is 5.83 Å². The van der Waals surface area contributed by atoms with Gasteiger partial charge >= 0.3 is 0 Å². The summed E-state index contributed by atoms with van der Waals surface area (Å²) >= 11 is 0. The predicted octanol–water partition coefficient (Wildman–Crippen LogP) is 11.9. The highest BCUT2D eigenvalue weighted by molar-refractivity contribution is 6.09. The number of nitrogens with one attached hydrogen (secondary N) is 1. The Morgan fingerprint density at radius 2 is 1.44 bits per heavy atom. The molecule has 7 rings (SSSR count). The Morgan fingerprint density at radius 1 is 0.792 bits per heavy atom. The van der Waals surface area contributed by atoms with Crippen molar-refractivity contribution >= 4 is 44.6 Å². The highest BCUT2D eigenvalue weighted by Crippen LogP contribution is 2.39. The van der Waals surface area contributed by atoms with Crippen LogP contribution in [0.4, 0.5) is 31.5 Å². The largest absolute Gasteiger partial charge is 0.356 e. The minimum atomic E-state index is -0.630. The van der Waals surface area contributed by atoms with E-state index in [0.29, 0.717) is 0 Å². The van der Waals surface area contributed by atoms with E-state index in [1.165, 1.54) is 29.1 Å². The van der Waals surface area contributed by atoms with Crippen molar-refractivity contribution in [3.63, 3.8) is 0 Å². The molecule has 0 fully saturated rings. The van der Waals surface area contributed by atoms with Crippen LogP contribution >= 0.6 is 0 Å². The zero-order valence-electron chi connectivity index (χ0n) is 26.4. The van der Waals surface area contributed by atoms with Crippen molar-refractivity contribution in [1.29, 1.82) is 0 Å². The SMILES string of the molecule is C#C/C(F)=C\C=C(/C)N(c1ccc(-c2ccc(Nc3ccc(F)cc3)cc2)cc1)c1ccc2c(c1)c1ccccc1n2C1C=CC=CC1. The minimum absolute atomic E-state index is 0.234. The van der Waals surface area contributed by atoms with Gasteiger partial charge in [-0.25, -0.2) is 4.39 Å². The molecule has 1 aliphatic carbocycles. The van der Waals surface area contributed by atoms with Gasteiger partial charge in [0.1, 0.15) is 5.82 Å². The lowest BCUT2D eigenvalue weighted by Crippen LogP contribution is -2.14. The molecular weight excluding hydrogens is 596 g/mol. The van der Waals surface area contributed by atoms with E-state index < -0.39 is 5.83 Å². The number of rotatable bonds is 8. The number of nitrogens with zero attached hydrogens (tertiary/aromatic N) is 2. The van der Waals surface area contributed by atoms with E-state index in [0.717, 1.165) is 56.9 Å². The van der Waals surface area contributed by atoms with Crippen molar-refractivity contribution in [2.24, 2.45) is 0 Å². The van der Waals surface area contributed by atoms with Crippen LogP contribution in [0.3, 0.4) is 0 Å². The molecule has 1 N–H and O–H groups in total. The number of halogens is 2. The monoisotopic (exact) mass is 629 g/mol. The van der Waals surface area contributed by atoms with E-state index in [9.17, 15) is 8.78 Å². The lowest BCUT2D eigenvalue weighted by molar-refractivity contribution is 0.628. The van der Waals surface area contributed by atoms with E-state index >= 15 is 0 Å². The molecule has 5 heteroatoms. The zero-order chi connectivity index (χ0) is 33.0. The van der Waals surface area contributed by atoms with Gasteiger partial charge in [0.2, 0.25) is 0 Å². The molecule has 0 radical (unpaired) electrons. The van der Waals surface area contributed by atoms with Crippen LogP contribution < -0.4 is 10.2 Å². The summed E-state index contributed by atoms with van der Waals surface area (Å²) < 4.78 is 29.8. The number of benzene rings is 5. The Bertz CT molecular complexity index is 2260. The van der Waals surface area contributed by atoms with Gasteiger partial charge in [0, 0.05) is 50.3 Å². The Kier molecular flexibility index (Phi) is 8.47. The van der Waals surface area contributed by atoms with Gasteiger partial charge in [0.25, 0.3) is 0 Å². The Balaban J connectivity index is 1.25. The van der Waals surface area contributed by atoms with Crippen molar-refractivity contribution in [2.45, 2.75) is 19.4 Å². The van der Waals surface area contributed by atoms with Crippen LogP contribution in [0.25, 0.3) is 32.9 Å². The summed E-state index contributed by atoms with van der Waals surface area (Å²) in [5.41, 5.74) is 8.90. The summed E-state index contributed by atoms with van der Waals surface area (Å²) in [6.45, 7) is 1.95. The van der Waals surface area contributed by atoms with Gasteiger partial charge in [-0.2, -0.15) is 4.39 Å². The molecule has 0 aliphatic heterocycles. The number of para-hydroxylation sites is 1. The molecule has 0 spiro atoms. The Hall–Kier alpha value is -6.12. The maximum atomic E-state index is 14.1. The quantitative estimate of drug-likeness (QED) is 0.134. The molecule has 0 amide bonds. The molecule has 1 aliphatic rings. The molecule has 1 aromatic heterocycles. The molecule has 48 heavy (non-hydrogen) atoms. The van der Waals surface area contributed by atoms with Crippen molar-refractivity contribution < 1.29 is 8.78 Å². The fraction of sp³-hybridized carbons (Fsp3) is 0.0698. The van der Waals surface area contributed by atoms with Crippen molar-refractivity contribution in [3.05, 3.63) is 169 Å². The lowest BCUT2D eigenvalue weighted by atomic mass is 10.0. The minimum Gasteiger partial charge on any atom is -0.356 e. The summed E-state index contributed by atoms with van der Waals surface area (Å²) in [5.74, 6) is 1.17. The summed E-state index contributed by atoms with van der Waals surface area (Å²) in [5, 5.41) is 5.64. The van der Waals surface area contributed by atoms with E-state index in [1.807, 2.05) is 19.1 Å². The molecule has 1 heterocycles. The summed E-state index contributed by atoms with van der Waals surface area (Å²) in [6.07, 6.45) is 17.9. The maximum absolute atomic E-state index is 14.1. The average molecular weight is 630 g/mol. The molecule has 234 valence electrons. The molecule has 0 saturated carbocycles. The highest BCUT2D eigenvalue weighted by atomic mass is 19.1. The van der Waals surface area contributed by atoms with Crippen molar-refractivity contribution in [1.82, 2.24) is 4.57 Å². The highest BCUT2D eigenvalue weighted by Gasteiger charge is 2.19. The fourth-order valence-electron chi connectivity index (χ4n) is 6.37. The third kappa shape index (κ3) is 6.17.